The number of aliphatic hydroxyl groups is 3. The fraction of sp³-hybridized carbons (Fsp3) is 0.909. The van der Waals surface area contributed by atoms with Crippen LogP contribution in [0.3, 0.4) is 0 Å². The third-order valence-electron chi connectivity index (χ3n) is 15.4. The molecule has 0 amide bonds. The van der Waals surface area contributed by atoms with E-state index in [1.807, 2.05) is 41.5 Å². The van der Waals surface area contributed by atoms with Gasteiger partial charge >= 0.3 is 17.9 Å². The van der Waals surface area contributed by atoms with E-state index in [4.69, 9.17) is 56.9 Å². The van der Waals surface area contributed by atoms with E-state index in [2.05, 4.69) is 10.1 Å². The normalized spacial score (nSPS) is 40.9. The Morgan fingerprint density at radius 2 is 1.47 bits per heavy atom. The van der Waals surface area contributed by atoms with Crippen LogP contribution in [0.5, 0.6) is 0 Å². The van der Waals surface area contributed by atoms with Crippen molar-refractivity contribution in [1.29, 1.82) is 0 Å². The number of carbonyl (C=O) groups is 4. The molecule has 440 valence electrons. The van der Waals surface area contributed by atoms with E-state index in [-0.39, 0.29) is 49.6 Å². The van der Waals surface area contributed by atoms with Gasteiger partial charge in [0.1, 0.15) is 43.7 Å². The molecule has 4 aliphatic rings. The number of esters is 3. The zero-order valence-electron chi connectivity index (χ0n) is 48.9. The molecule has 0 aromatic rings. The summed E-state index contributed by atoms with van der Waals surface area (Å²) in [5.74, 6) is -8.06. The van der Waals surface area contributed by atoms with Crippen LogP contribution in [-0.2, 0) is 76.1 Å². The van der Waals surface area contributed by atoms with Crippen LogP contribution in [0.2, 0.25) is 0 Å². The van der Waals surface area contributed by atoms with Crippen molar-refractivity contribution < 1.29 is 91.4 Å². The molecule has 21 nitrogen and oxygen atoms in total. The Morgan fingerprint density at radius 1 is 0.829 bits per heavy atom. The van der Waals surface area contributed by atoms with Gasteiger partial charge in [0.25, 0.3) is 0 Å². The molecule has 4 aliphatic heterocycles. The molecule has 4 saturated heterocycles. The first kappa shape index (κ1) is 65.6. The topological polar surface area (TPSA) is 255 Å². The van der Waals surface area contributed by atoms with Gasteiger partial charge in [0.05, 0.1) is 60.3 Å². The fourth-order valence-corrected chi connectivity index (χ4v) is 11.7. The van der Waals surface area contributed by atoms with Crippen molar-refractivity contribution >= 4 is 29.4 Å². The zero-order chi connectivity index (χ0) is 57.3. The summed E-state index contributed by atoms with van der Waals surface area (Å²) >= 11 is 0. The Bertz CT molecular complexity index is 1900. The van der Waals surface area contributed by atoms with E-state index in [0.717, 1.165) is 0 Å². The van der Waals surface area contributed by atoms with Crippen molar-refractivity contribution in [2.24, 2.45) is 46.6 Å². The maximum absolute atomic E-state index is 15.5. The van der Waals surface area contributed by atoms with Crippen molar-refractivity contribution in [2.45, 2.75) is 240 Å². The van der Waals surface area contributed by atoms with Crippen molar-refractivity contribution in [3.8, 4) is 0 Å². The number of Topliss-reactive ketones (excluding diaryl/α,β-unsaturated/α-hetero) is 1. The predicted octanol–water partition coefficient (Wildman–Crippen LogP) is 4.98. The average molecular weight is 1090 g/mol. The quantitative estimate of drug-likeness (QED) is 0.0986. The van der Waals surface area contributed by atoms with Crippen LogP contribution in [0.15, 0.2) is 5.16 Å². The molecular formula is C55H96N2O19. The number of rotatable bonds is 17. The second-order valence-electron chi connectivity index (χ2n) is 23.7. The van der Waals surface area contributed by atoms with Gasteiger partial charge < -0.3 is 72.3 Å². The molecule has 76 heavy (non-hydrogen) atoms. The number of nitrogens with zero attached hydrogens (tertiary/aromatic N) is 2. The van der Waals surface area contributed by atoms with Gasteiger partial charge in [-0.1, -0.05) is 53.6 Å². The van der Waals surface area contributed by atoms with E-state index < -0.39 is 150 Å². The monoisotopic (exact) mass is 1090 g/mol. The Labute approximate surface area is 451 Å². The minimum absolute atomic E-state index is 0.0150. The van der Waals surface area contributed by atoms with E-state index in [1.165, 1.54) is 35.2 Å². The maximum Gasteiger partial charge on any atom is 0.311 e. The van der Waals surface area contributed by atoms with Crippen LogP contribution in [-0.4, -0.2) is 194 Å². The van der Waals surface area contributed by atoms with Crippen molar-refractivity contribution in [3.63, 3.8) is 0 Å². The lowest BCUT2D eigenvalue weighted by molar-refractivity contribution is -0.305. The number of ether oxygens (including phenoxy) is 11. The van der Waals surface area contributed by atoms with Crippen LogP contribution in [0, 0.1) is 41.4 Å². The third kappa shape index (κ3) is 17.3. The van der Waals surface area contributed by atoms with Crippen molar-refractivity contribution in [1.82, 2.24) is 4.90 Å². The highest BCUT2D eigenvalue weighted by Crippen LogP contribution is 2.40. The van der Waals surface area contributed by atoms with Crippen LogP contribution >= 0.6 is 0 Å². The number of hydrogen-bond donors (Lipinski definition) is 3. The molecule has 0 bridgehead atoms. The number of β-amino-alcohol motifs (C(OH)–C–C–N with tert-alkyl or cyclic N) is 1. The largest absolute Gasteiger partial charge is 0.461 e. The maximum atomic E-state index is 15.5. The molecule has 4 heterocycles. The van der Waals surface area contributed by atoms with Gasteiger partial charge in [-0.05, 0) is 73.6 Å². The molecule has 0 aromatic heterocycles. The minimum atomic E-state index is -1.87. The molecular weight excluding hydrogens is 993 g/mol. The fourth-order valence-electron chi connectivity index (χ4n) is 11.7. The number of aliphatic hydroxyl groups excluding tert-OH is 2. The van der Waals surface area contributed by atoms with Gasteiger partial charge in [-0.15, -0.1) is 0 Å². The Hall–Kier alpha value is -2.93. The lowest BCUT2D eigenvalue weighted by atomic mass is 9.74. The summed E-state index contributed by atoms with van der Waals surface area (Å²) in [6.45, 7) is 28.6. The highest BCUT2D eigenvalue weighted by atomic mass is 16.7. The van der Waals surface area contributed by atoms with Crippen LogP contribution in [0.1, 0.15) is 136 Å². The Morgan fingerprint density at radius 3 is 2.05 bits per heavy atom. The zero-order valence-corrected chi connectivity index (χ0v) is 48.9. The summed E-state index contributed by atoms with van der Waals surface area (Å²) in [5.41, 5.74) is -2.59. The smallest absolute Gasteiger partial charge is 0.311 e. The van der Waals surface area contributed by atoms with Gasteiger partial charge in [0.15, 0.2) is 30.3 Å². The van der Waals surface area contributed by atoms with E-state index in [1.54, 1.807) is 55.4 Å². The summed E-state index contributed by atoms with van der Waals surface area (Å²) in [7, 11) is 4.27. The average Bonchev–Trinajstić information content (AvgIpc) is 3.44. The number of cyclic esters (lactones) is 1. The first-order chi connectivity index (χ1) is 35.4. The van der Waals surface area contributed by atoms with Crippen LogP contribution < -0.4 is 0 Å². The van der Waals surface area contributed by atoms with E-state index >= 15 is 9.59 Å². The summed E-state index contributed by atoms with van der Waals surface area (Å²) in [4.78, 5) is 65.1. The number of oxime groups is 1. The highest BCUT2D eigenvalue weighted by molar-refractivity contribution is 5.91. The Kier molecular flexibility index (Phi) is 24.6. The number of carbonyl (C=O) groups excluding carboxylic acids is 4. The Balaban J connectivity index is 1.96. The van der Waals surface area contributed by atoms with Gasteiger partial charge in [-0.3, -0.25) is 24.1 Å². The number of hydrogen-bond acceptors (Lipinski definition) is 21. The highest BCUT2D eigenvalue weighted by Gasteiger charge is 2.52. The lowest BCUT2D eigenvalue weighted by Gasteiger charge is -2.45. The molecule has 4 fully saturated rings. The minimum Gasteiger partial charge on any atom is -0.461 e. The van der Waals surface area contributed by atoms with Gasteiger partial charge in [0, 0.05) is 77.3 Å². The summed E-state index contributed by atoms with van der Waals surface area (Å²) < 4.78 is 69.8. The third-order valence-corrected chi connectivity index (χ3v) is 15.4. The lowest BCUT2D eigenvalue weighted by Crippen LogP contribution is -2.59. The molecule has 0 aromatic carbocycles. The molecule has 0 radical (unpaired) electrons. The molecule has 3 N–H and O–H groups in total. The number of methoxy groups -OCH3 is 2. The second-order valence-corrected chi connectivity index (χ2v) is 23.7. The molecule has 0 aliphatic carbocycles. The predicted molar refractivity (Wildman–Crippen MR) is 277 cm³/mol. The summed E-state index contributed by atoms with van der Waals surface area (Å²) in [5, 5.41) is 37.6. The van der Waals surface area contributed by atoms with Crippen molar-refractivity contribution in [2.75, 3.05) is 41.0 Å². The molecule has 0 spiro atoms. The van der Waals surface area contributed by atoms with Gasteiger partial charge in [0.2, 0.25) is 0 Å². The first-order valence-corrected chi connectivity index (χ1v) is 27.4. The molecule has 21 heteroatoms. The van der Waals surface area contributed by atoms with Gasteiger partial charge in [-0.2, -0.15) is 0 Å². The van der Waals surface area contributed by atoms with E-state index in [0.29, 0.717) is 19.5 Å². The standard InChI is InChI=1S/C55H96N2O19/c1-27(2)20-40(59)72-46-34(9)45(29(4)25-68-53-49(66-18)48(65-17)42(60)37(12)71-53)74-51(63)36(11)47(73-41-21-30(5)57(24-32(7)69-41)26-54(14,15)64)33(8)44(75-52-43(61)39(56-67-19)22-31(6)70-52)28(3)23-55(16,76-38(13)58)50(62)35(46)10/h27-37,41-49,52-53,60-61,64H,20-26H2,1-19H3/b56-39+/t28-,29-,30+,31+,32-,33+,34-,35+,36+,37+,41-,42+,43+,44-,45+,46+,47-,48+,49+,52-,53+,55-/m0/s1. The van der Waals surface area contributed by atoms with Crippen LogP contribution in [0.4, 0.5) is 0 Å². The second kappa shape index (κ2) is 28.5. The summed E-state index contributed by atoms with van der Waals surface area (Å²) in [6.07, 6.45) is -12.9. The molecule has 22 atom stereocenters. The molecule has 0 unspecified atom stereocenters. The summed E-state index contributed by atoms with van der Waals surface area (Å²) in [6, 6.07) is -0.149. The SMILES string of the molecule is CO/N=C1\C[C@@H](C)O[C@@H](O[C@@H]2[C@@H](C)[C@H](O[C@H]3C[C@@H](C)N(CC(C)(C)O)C[C@H](C)O3)[C@@H](C)C(=O)O[C@H]([C@@H](C)CO[C@@H]3O[C@H](C)[C@@H](O)[C@@H](OC)[C@H]3OC)[C@H](C)[C@@H](OC(=O)CC(C)C)[C@@H](C)C(=O)[C@@](C)(OC(C)=O)C[C@@H]2C)[C@@H]1O. The number of ketones is 1. The van der Waals surface area contributed by atoms with Crippen LogP contribution in [0.25, 0.3) is 0 Å². The molecule has 4 rings (SSSR count). The van der Waals surface area contributed by atoms with Crippen molar-refractivity contribution in [3.05, 3.63) is 0 Å². The molecule has 0 saturated carbocycles. The van der Waals surface area contributed by atoms with Gasteiger partial charge in [-0.25, -0.2) is 0 Å². The first-order valence-electron chi connectivity index (χ1n) is 27.4. The van der Waals surface area contributed by atoms with E-state index in [9.17, 15) is 24.9 Å².